The molecule has 146 valence electrons. The van der Waals surface area contributed by atoms with Crippen LogP contribution in [0, 0.1) is 13.8 Å². The summed E-state index contributed by atoms with van der Waals surface area (Å²) < 4.78 is 1.90. The van der Waals surface area contributed by atoms with E-state index in [4.69, 9.17) is 0 Å². The molecule has 0 aliphatic carbocycles. The molecule has 2 amide bonds. The van der Waals surface area contributed by atoms with Crippen molar-refractivity contribution >= 4 is 40.0 Å². The lowest BCUT2D eigenvalue weighted by molar-refractivity contribution is -0.113. The zero-order valence-electron chi connectivity index (χ0n) is 16.0. The molecule has 0 aliphatic rings. The number of benzene rings is 1. The highest BCUT2D eigenvalue weighted by molar-refractivity contribution is 7.99. The Balaban J connectivity index is 1.66. The summed E-state index contributed by atoms with van der Waals surface area (Å²) in [6.45, 7) is 3.62. The van der Waals surface area contributed by atoms with Crippen molar-refractivity contribution in [2.75, 3.05) is 25.2 Å². The lowest BCUT2D eigenvalue weighted by atomic mass is 10.3. The third kappa shape index (κ3) is 4.39. The van der Waals surface area contributed by atoms with E-state index in [0.29, 0.717) is 20.9 Å². The minimum Gasteiger partial charge on any atom is -0.344 e. The van der Waals surface area contributed by atoms with Crippen LogP contribution in [0.25, 0.3) is 5.69 Å². The molecular formula is C18H20N6O2S2. The first-order chi connectivity index (χ1) is 13.4. The molecule has 10 heteroatoms. The number of thioether (sulfide) groups is 1. The third-order valence-corrected chi connectivity index (χ3v) is 5.78. The smallest absolute Gasteiger partial charge is 0.265 e. The standard InChI is InChI=1S/C18H20N6O2S2/c1-11-15(16(26)23(3)4)28-17(19-11)20-14(25)10-27-18-22-21-12(2)24(18)13-8-6-5-7-9-13/h5-9H,10H2,1-4H3,(H,19,20,25). The molecule has 1 N–H and O–H groups in total. The number of hydrogen-bond donors (Lipinski definition) is 1. The van der Waals surface area contributed by atoms with Gasteiger partial charge in [-0.3, -0.25) is 14.2 Å². The van der Waals surface area contributed by atoms with Crippen molar-refractivity contribution in [1.82, 2.24) is 24.6 Å². The number of para-hydroxylation sites is 1. The Bertz CT molecular complexity index is 997. The van der Waals surface area contributed by atoms with Crippen LogP contribution in [0.5, 0.6) is 0 Å². The molecule has 0 atom stereocenters. The fourth-order valence-corrected chi connectivity index (χ4v) is 4.25. The summed E-state index contributed by atoms with van der Waals surface area (Å²) in [6, 6.07) is 9.74. The van der Waals surface area contributed by atoms with Gasteiger partial charge >= 0.3 is 0 Å². The first-order valence-corrected chi connectivity index (χ1v) is 10.3. The highest BCUT2D eigenvalue weighted by Crippen LogP contribution is 2.25. The van der Waals surface area contributed by atoms with E-state index in [1.807, 2.05) is 41.8 Å². The fourth-order valence-electron chi connectivity index (χ4n) is 2.45. The van der Waals surface area contributed by atoms with Crippen LogP contribution in [-0.2, 0) is 4.79 Å². The Labute approximate surface area is 171 Å². The number of hydrogen-bond acceptors (Lipinski definition) is 7. The highest BCUT2D eigenvalue weighted by Gasteiger charge is 2.19. The number of thiazole rings is 1. The maximum absolute atomic E-state index is 12.3. The number of nitrogens with zero attached hydrogens (tertiary/aromatic N) is 5. The summed E-state index contributed by atoms with van der Waals surface area (Å²) in [6.07, 6.45) is 0. The number of aromatic nitrogens is 4. The minimum absolute atomic E-state index is 0.128. The molecular weight excluding hydrogens is 396 g/mol. The fraction of sp³-hybridized carbons (Fsp3) is 0.278. The van der Waals surface area contributed by atoms with Gasteiger partial charge in [0.15, 0.2) is 10.3 Å². The van der Waals surface area contributed by atoms with Crippen LogP contribution in [0.15, 0.2) is 35.5 Å². The molecule has 0 fully saturated rings. The van der Waals surface area contributed by atoms with Crippen molar-refractivity contribution in [2.45, 2.75) is 19.0 Å². The number of amides is 2. The average molecular weight is 417 g/mol. The van der Waals surface area contributed by atoms with E-state index in [9.17, 15) is 9.59 Å². The molecule has 0 aliphatic heterocycles. The van der Waals surface area contributed by atoms with Gasteiger partial charge in [0, 0.05) is 19.8 Å². The van der Waals surface area contributed by atoms with Crippen molar-refractivity contribution in [3.05, 3.63) is 46.7 Å². The number of rotatable bonds is 6. The molecule has 0 saturated carbocycles. The van der Waals surface area contributed by atoms with Crippen LogP contribution in [0.1, 0.15) is 21.2 Å². The maximum atomic E-state index is 12.3. The second-order valence-electron chi connectivity index (χ2n) is 6.17. The average Bonchev–Trinajstić information content (AvgIpc) is 3.22. The van der Waals surface area contributed by atoms with Gasteiger partial charge in [0.25, 0.3) is 5.91 Å². The number of carbonyl (C=O) groups is 2. The van der Waals surface area contributed by atoms with Gasteiger partial charge < -0.3 is 10.2 Å². The van der Waals surface area contributed by atoms with Crippen LogP contribution in [0.4, 0.5) is 5.13 Å². The molecule has 8 nitrogen and oxygen atoms in total. The zero-order chi connectivity index (χ0) is 20.3. The molecule has 0 radical (unpaired) electrons. The molecule has 0 bridgehead atoms. The van der Waals surface area contributed by atoms with Crippen LogP contribution >= 0.6 is 23.1 Å². The molecule has 0 unspecified atom stereocenters. The third-order valence-electron chi connectivity index (χ3n) is 3.79. The summed E-state index contributed by atoms with van der Waals surface area (Å²) in [4.78, 5) is 30.7. The van der Waals surface area contributed by atoms with Crippen molar-refractivity contribution in [3.8, 4) is 5.69 Å². The largest absolute Gasteiger partial charge is 0.344 e. The number of nitrogens with one attached hydrogen (secondary N) is 1. The van der Waals surface area contributed by atoms with Crippen LogP contribution in [-0.4, -0.2) is 56.3 Å². The SMILES string of the molecule is Cc1nc(NC(=O)CSc2nnc(C)n2-c2ccccc2)sc1C(=O)N(C)C. The van der Waals surface area contributed by atoms with Gasteiger partial charge in [0.2, 0.25) is 5.91 Å². The van der Waals surface area contributed by atoms with Gasteiger partial charge in [-0.05, 0) is 26.0 Å². The summed E-state index contributed by atoms with van der Waals surface area (Å²) in [5, 5.41) is 12.1. The Hall–Kier alpha value is -2.72. The van der Waals surface area contributed by atoms with Crippen molar-refractivity contribution in [3.63, 3.8) is 0 Å². The second kappa shape index (κ2) is 8.53. The van der Waals surface area contributed by atoms with E-state index in [2.05, 4.69) is 20.5 Å². The molecule has 0 saturated heterocycles. The Kier molecular flexibility index (Phi) is 6.10. The van der Waals surface area contributed by atoms with Gasteiger partial charge in [-0.25, -0.2) is 4.98 Å². The first-order valence-electron chi connectivity index (χ1n) is 8.46. The first kappa shape index (κ1) is 20.0. The quantitative estimate of drug-likeness (QED) is 0.621. The van der Waals surface area contributed by atoms with Crippen molar-refractivity contribution in [2.24, 2.45) is 0 Å². The molecule has 3 aromatic rings. The molecule has 3 rings (SSSR count). The van der Waals surface area contributed by atoms with Crippen molar-refractivity contribution in [1.29, 1.82) is 0 Å². The van der Waals surface area contributed by atoms with Gasteiger partial charge in [0.1, 0.15) is 10.7 Å². The number of anilines is 1. The van der Waals surface area contributed by atoms with Crippen LogP contribution in [0.2, 0.25) is 0 Å². The normalized spacial score (nSPS) is 10.7. The molecule has 2 heterocycles. The van der Waals surface area contributed by atoms with Gasteiger partial charge in [0.05, 0.1) is 11.4 Å². The summed E-state index contributed by atoms with van der Waals surface area (Å²) >= 11 is 2.46. The Morgan fingerprint density at radius 3 is 2.57 bits per heavy atom. The number of aryl methyl sites for hydroxylation is 2. The van der Waals surface area contributed by atoms with E-state index in [1.54, 1.807) is 21.0 Å². The molecule has 28 heavy (non-hydrogen) atoms. The minimum atomic E-state index is -0.220. The highest BCUT2D eigenvalue weighted by atomic mass is 32.2. The Morgan fingerprint density at radius 1 is 1.18 bits per heavy atom. The topological polar surface area (TPSA) is 93.0 Å². The predicted molar refractivity (Wildman–Crippen MR) is 110 cm³/mol. The van der Waals surface area contributed by atoms with E-state index < -0.39 is 0 Å². The van der Waals surface area contributed by atoms with Crippen molar-refractivity contribution < 1.29 is 9.59 Å². The zero-order valence-corrected chi connectivity index (χ0v) is 17.6. The van der Waals surface area contributed by atoms with E-state index >= 15 is 0 Å². The van der Waals surface area contributed by atoms with E-state index in [1.165, 1.54) is 28.0 Å². The van der Waals surface area contributed by atoms with Gasteiger partial charge in [-0.2, -0.15) is 0 Å². The number of carbonyl (C=O) groups excluding carboxylic acids is 2. The molecule has 1 aromatic carbocycles. The van der Waals surface area contributed by atoms with E-state index in [-0.39, 0.29) is 17.6 Å². The van der Waals surface area contributed by atoms with E-state index in [0.717, 1.165) is 11.5 Å². The lowest BCUT2D eigenvalue weighted by Crippen LogP contribution is -2.21. The van der Waals surface area contributed by atoms with Crippen LogP contribution in [0.3, 0.4) is 0 Å². The van der Waals surface area contributed by atoms with Gasteiger partial charge in [-0.1, -0.05) is 41.3 Å². The Morgan fingerprint density at radius 2 is 1.89 bits per heavy atom. The monoisotopic (exact) mass is 416 g/mol. The molecule has 2 aromatic heterocycles. The lowest BCUT2D eigenvalue weighted by Gasteiger charge is -2.08. The van der Waals surface area contributed by atoms with Gasteiger partial charge in [-0.15, -0.1) is 10.2 Å². The summed E-state index contributed by atoms with van der Waals surface area (Å²) in [5.74, 6) is 0.552. The van der Waals surface area contributed by atoms with Crippen LogP contribution < -0.4 is 5.32 Å². The second-order valence-corrected chi connectivity index (χ2v) is 8.11. The summed E-state index contributed by atoms with van der Waals surface area (Å²) in [5.41, 5.74) is 1.54. The summed E-state index contributed by atoms with van der Waals surface area (Å²) in [7, 11) is 3.36. The predicted octanol–water partition coefficient (Wildman–Crippen LogP) is 2.77. The maximum Gasteiger partial charge on any atom is 0.265 e. The molecule has 0 spiro atoms.